The molecular weight excluding hydrogens is 998 g/mol. The number of ether oxygens (including phenoxy) is 3. The molecule has 20 nitrogen and oxygen atoms in total. The molecule has 5 heterocycles. The van der Waals surface area contributed by atoms with Gasteiger partial charge in [0, 0.05) is 51.8 Å². The van der Waals surface area contributed by atoms with Gasteiger partial charge in [0.2, 0.25) is 23.6 Å². The van der Waals surface area contributed by atoms with Crippen LogP contribution in [0.25, 0.3) is 10.4 Å². The fraction of sp³-hybridized carbons (Fsp3) is 0.460. The minimum Gasteiger partial charge on any atom is -0.391 e. The lowest BCUT2D eigenvalue weighted by atomic mass is 9.85. The molecule has 7 rings (SSSR count). The van der Waals surface area contributed by atoms with Crippen molar-refractivity contribution in [1.82, 2.24) is 40.4 Å². The number of piperazine rings is 1. The van der Waals surface area contributed by atoms with E-state index < -0.39 is 35.4 Å². The number of thiazole rings is 2. The summed E-state index contributed by atoms with van der Waals surface area (Å²) < 4.78 is 16.7. The van der Waals surface area contributed by atoms with Crippen molar-refractivity contribution >= 4 is 86.3 Å². The number of nitrogens with one attached hydrogen (secondary N) is 4. The van der Waals surface area contributed by atoms with E-state index >= 15 is 0 Å². The number of amides is 5. The maximum absolute atomic E-state index is 14.0. The summed E-state index contributed by atoms with van der Waals surface area (Å²) in [5.74, 6) is -0.0773. The standard InChI is InChI=1S/C50H62ClN11O9S2/c1-30-8-7-9-36(51)43(30)59-47(67)38-25-53-49(73-38)57-39-23-40(56-32(3)55-39)60-14-16-61(17-15-60)42(65)28-71-21-19-69-18-20-70-27-41(64)58-45(50(4,5)6)48(68)62-26-35(63)22-37(62)46(66)52-24-33-10-12-34(13-11-33)44-31(2)54-29-72-44/h7-13,23,25,29,35,37,45,63H,14-22,24,26-28H2,1-6H3,(H,52,66)(H,58,64)(H,59,67)(H,53,55,56,57)/t35-,37+,45-/m1/s1. The summed E-state index contributed by atoms with van der Waals surface area (Å²) in [7, 11) is 0. The summed E-state index contributed by atoms with van der Waals surface area (Å²) in [6.07, 6.45) is 0.681. The number of hydrogen-bond donors (Lipinski definition) is 5. The summed E-state index contributed by atoms with van der Waals surface area (Å²) in [6, 6.07) is 13.1. The monoisotopic (exact) mass is 1060 g/mol. The lowest BCUT2D eigenvalue weighted by Gasteiger charge is -2.35. The average molecular weight is 1060 g/mol. The highest BCUT2D eigenvalue weighted by molar-refractivity contribution is 7.17. The van der Waals surface area contributed by atoms with Crippen LogP contribution < -0.4 is 26.2 Å². The number of aliphatic hydroxyl groups excluding tert-OH is 1. The largest absolute Gasteiger partial charge is 0.391 e. The number of nitrogens with zero attached hydrogens (tertiary/aromatic N) is 7. The zero-order valence-corrected chi connectivity index (χ0v) is 44.1. The Morgan fingerprint density at radius 3 is 2.30 bits per heavy atom. The van der Waals surface area contributed by atoms with Crippen molar-refractivity contribution in [1.29, 1.82) is 0 Å². The van der Waals surface area contributed by atoms with Crippen LogP contribution in [0, 0.1) is 26.2 Å². The first-order valence-corrected chi connectivity index (χ1v) is 26.0. The Morgan fingerprint density at radius 1 is 0.904 bits per heavy atom. The van der Waals surface area contributed by atoms with Crippen molar-refractivity contribution in [3.63, 3.8) is 0 Å². The van der Waals surface area contributed by atoms with Gasteiger partial charge in [0.15, 0.2) is 5.13 Å². The Labute approximate surface area is 437 Å². The molecule has 2 aliphatic rings. The van der Waals surface area contributed by atoms with Crippen molar-refractivity contribution in [2.24, 2.45) is 5.41 Å². The van der Waals surface area contributed by atoms with Gasteiger partial charge in [0.25, 0.3) is 5.91 Å². The summed E-state index contributed by atoms with van der Waals surface area (Å²) in [6.45, 7) is 13.5. The number of hydrogen-bond acceptors (Lipinski definition) is 17. The van der Waals surface area contributed by atoms with E-state index in [1.165, 1.54) is 22.4 Å². The van der Waals surface area contributed by atoms with Crippen molar-refractivity contribution in [3.05, 3.63) is 92.8 Å². The highest BCUT2D eigenvalue weighted by Crippen LogP contribution is 2.31. The molecule has 0 bridgehead atoms. The highest BCUT2D eigenvalue weighted by Gasteiger charge is 2.44. The second kappa shape index (κ2) is 25.2. The third-order valence-electron chi connectivity index (χ3n) is 12.1. The molecule has 0 unspecified atom stereocenters. The highest BCUT2D eigenvalue weighted by atomic mass is 35.5. The maximum Gasteiger partial charge on any atom is 0.267 e. The second-order valence-electron chi connectivity index (χ2n) is 18.7. The van der Waals surface area contributed by atoms with E-state index in [0.29, 0.717) is 64.4 Å². The van der Waals surface area contributed by atoms with Gasteiger partial charge in [0.1, 0.15) is 47.6 Å². The molecule has 0 radical (unpaired) electrons. The van der Waals surface area contributed by atoms with Crippen molar-refractivity contribution in [3.8, 4) is 10.4 Å². The normalized spacial score (nSPS) is 16.3. The van der Waals surface area contributed by atoms with Gasteiger partial charge in [0.05, 0.1) is 65.5 Å². The lowest BCUT2D eigenvalue weighted by Crippen LogP contribution is -2.58. The van der Waals surface area contributed by atoms with E-state index in [1.807, 2.05) is 77.1 Å². The third kappa shape index (κ3) is 15.0. The van der Waals surface area contributed by atoms with Crippen LogP contribution in [0.2, 0.25) is 5.02 Å². The molecule has 2 fully saturated rings. The van der Waals surface area contributed by atoms with Gasteiger partial charge < -0.3 is 55.3 Å². The van der Waals surface area contributed by atoms with E-state index in [4.69, 9.17) is 25.8 Å². The molecule has 390 valence electrons. The summed E-state index contributed by atoms with van der Waals surface area (Å²) >= 11 is 9.04. The molecule has 5 amide bonds. The molecule has 0 saturated carbocycles. The third-order valence-corrected chi connectivity index (χ3v) is 14.3. The van der Waals surface area contributed by atoms with Gasteiger partial charge in [-0.25, -0.2) is 19.9 Å². The van der Waals surface area contributed by atoms with Gasteiger partial charge in [-0.1, -0.05) is 80.1 Å². The van der Waals surface area contributed by atoms with Gasteiger partial charge in [-0.15, -0.1) is 11.3 Å². The minimum atomic E-state index is -0.995. The number of aliphatic hydroxyl groups is 1. The Balaban J connectivity index is 0.761. The number of carbonyl (C=O) groups is 5. The average Bonchev–Trinajstić information content (AvgIpc) is 4.12. The number of para-hydroxylation sites is 1. The number of anilines is 4. The Kier molecular flexibility index (Phi) is 18.9. The fourth-order valence-corrected chi connectivity index (χ4v) is 10.0. The maximum atomic E-state index is 14.0. The van der Waals surface area contributed by atoms with Gasteiger partial charge in [-0.05, 0) is 48.9 Å². The first-order chi connectivity index (χ1) is 34.9. The van der Waals surface area contributed by atoms with E-state index in [0.717, 1.165) is 27.3 Å². The first-order valence-electron chi connectivity index (χ1n) is 23.9. The number of rotatable bonds is 21. The summed E-state index contributed by atoms with van der Waals surface area (Å²) in [4.78, 5) is 90.8. The molecule has 0 spiro atoms. The van der Waals surface area contributed by atoms with Gasteiger partial charge in [-0.3, -0.25) is 24.0 Å². The van der Waals surface area contributed by atoms with Crippen LogP contribution in [0.15, 0.2) is 60.2 Å². The van der Waals surface area contributed by atoms with Crippen LogP contribution in [0.4, 0.5) is 22.5 Å². The van der Waals surface area contributed by atoms with E-state index in [2.05, 4.69) is 46.1 Å². The molecule has 2 aliphatic heterocycles. The lowest BCUT2D eigenvalue weighted by molar-refractivity contribution is -0.144. The van der Waals surface area contributed by atoms with E-state index in [1.54, 1.807) is 34.7 Å². The van der Waals surface area contributed by atoms with Crippen LogP contribution in [-0.4, -0.2) is 155 Å². The fourth-order valence-electron chi connectivity index (χ4n) is 8.21. The predicted octanol–water partition coefficient (Wildman–Crippen LogP) is 5.14. The first kappa shape index (κ1) is 54.6. The molecule has 2 saturated heterocycles. The Hall–Kier alpha value is -6.14. The Morgan fingerprint density at radius 2 is 1.62 bits per heavy atom. The molecule has 5 N–H and O–H groups in total. The van der Waals surface area contributed by atoms with Crippen molar-refractivity contribution < 1.29 is 43.3 Å². The van der Waals surface area contributed by atoms with Crippen LogP contribution in [-0.2, 0) is 39.9 Å². The molecule has 3 atom stereocenters. The summed E-state index contributed by atoms with van der Waals surface area (Å²) in [5, 5.41) is 23.2. The van der Waals surface area contributed by atoms with Gasteiger partial charge >= 0.3 is 0 Å². The number of halogens is 1. The molecule has 3 aromatic heterocycles. The number of β-amino-alcohol motifs (C(OH)–C–C–N with tert-alkyl or cyclic N) is 1. The van der Waals surface area contributed by atoms with Gasteiger partial charge in [-0.2, -0.15) is 0 Å². The SMILES string of the molecule is Cc1nc(Nc2ncc(C(=O)Nc3c(C)cccc3Cl)s2)cc(N2CCN(C(=O)COCCOCCOCC(=O)N[C@H](C(=O)N3C[C@H](O)C[C@H]3C(=O)NCc3ccc(-c4scnc4C)cc3)C(C)(C)C)CC2)n1. The number of aromatic nitrogens is 4. The molecule has 5 aromatic rings. The molecular formula is C50H62ClN11O9S2. The van der Waals surface area contributed by atoms with Crippen LogP contribution in [0.3, 0.4) is 0 Å². The van der Waals surface area contributed by atoms with E-state index in [9.17, 15) is 29.1 Å². The molecule has 23 heteroatoms. The number of aryl methyl sites for hydroxylation is 3. The minimum absolute atomic E-state index is 0.0361. The summed E-state index contributed by atoms with van der Waals surface area (Å²) in [5.41, 5.74) is 5.35. The molecule has 0 aliphatic carbocycles. The smallest absolute Gasteiger partial charge is 0.267 e. The zero-order chi connectivity index (χ0) is 52.2. The Bertz CT molecular complexity index is 2710. The predicted molar refractivity (Wildman–Crippen MR) is 279 cm³/mol. The van der Waals surface area contributed by atoms with Crippen molar-refractivity contribution in [2.75, 3.05) is 87.9 Å². The van der Waals surface area contributed by atoms with Crippen LogP contribution in [0.1, 0.15) is 59.5 Å². The zero-order valence-electron chi connectivity index (χ0n) is 41.7. The topological polar surface area (TPSA) is 243 Å². The number of benzene rings is 2. The van der Waals surface area contributed by atoms with Crippen LogP contribution in [0.5, 0.6) is 0 Å². The molecule has 73 heavy (non-hydrogen) atoms. The molecule has 2 aromatic carbocycles. The second-order valence-corrected chi connectivity index (χ2v) is 21.0. The quantitative estimate of drug-likeness (QED) is 0.0598. The number of likely N-dealkylation sites (tertiary alicyclic amines) is 1. The van der Waals surface area contributed by atoms with Crippen LogP contribution >= 0.6 is 34.3 Å². The number of carbonyl (C=O) groups excluding carboxylic acids is 5. The van der Waals surface area contributed by atoms with Crippen molar-refractivity contribution in [2.45, 2.75) is 72.7 Å². The van der Waals surface area contributed by atoms with E-state index in [-0.39, 0.29) is 76.9 Å².